The summed E-state index contributed by atoms with van der Waals surface area (Å²) in [5.74, 6) is -1.21. The number of carboxylic acid groups (broad SMARTS) is 1. The van der Waals surface area contributed by atoms with Crippen LogP contribution in [0.3, 0.4) is 0 Å². The van der Waals surface area contributed by atoms with Crippen molar-refractivity contribution >= 4 is 22.8 Å². The minimum Gasteiger partial charge on any atom is -0.480 e. The zero-order valence-corrected chi connectivity index (χ0v) is 13.2. The average Bonchev–Trinajstić information content (AvgIpc) is 2.90. The first-order chi connectivity index (χ1) is 10.5. The number of aromatic nitrogens is 1. The smallest absolute Gasteiger partial charge is 0.323 e. The number of fused-ring (bicyclic) bond motifs is 1. The predicted octanol–water partition coefficient (Wildman–Crippen LogP) is 2.99. The summed E-state index contributed by atoms with van der Waals surface area (Å²) in [4.78, 5) is 25.4. The molecule has 5 heteroatoms. The highest BCUT2D eigenvalue weighted by Gasteiger charge is 2.25. The molecule has 1 atom stereocenters. The molecule has 0 spiro atoms. The van der Waals surface area contributed by atoms with Crippen LogP contribution in [-0.2, 0) is 11.3 Å². The van der Waals surface area contributed by atoms with Gasteiger partial charge in [0, 0.05) is 29.7 Å². The number of nitrogens with zero attached hydrogens (tertiary/aromatic N) is 2. The predicted molar refractivity (Wildman–Crippen MR) is 86.0 cm³/mol. The number of carbonyl (C=O) groups excluding carboxylic acids is 1. The highest BCUT2D eigenvalue weighted by atomic mass is 16.4. The van der Waals surface area contributed by atoms with Gasteiger partial charge in [-0.2, -0.15) is 0 Å². The quantitative estimate of drug-likeness (QED) is 0.892. The molecule has 5 nitrogen and oxygen atoms in total. The fourth-order valence-electron chi connectivity index (χ4n) is 2.63. The molecule has 1 aromatic carbocycles. The Hall–Kier alpha value is -2.30. The number of aryl methyl sites for hydroxylation is 1. The Labute approximate surface area is 130 Å². The van der Waals surface area contributed by atoms with Crippen LogP contribution in [-0.4, -0.2) is 39.0 Å². The zero-order valence-electron chi connectivity index (χ0n) is 13.2. The van der Waals surface area contributed by atoms with Gasteiger partial charge in [-0.25, -0.2) is 0 Å². The van der Waals surface area contributed by atoms with Crippen LogP contribution in [0.25, 0.3) is 10.9 Å². The highest BCUT2D eigenvalue weighted by molar-refractivity contribution is 6.07. The van der Waals surface area contributed by atoms with Crippen LogP contribution in [0.1, 0.15) is 37.6 Å². The van der Waals surface area contributed by atoms with E-state index in [1.807, 2.05) is 55.8 Å². The van der Waals surface area contributed by atoms with E-state index in [1.165, 1.54) is 4.90 Å². The van der Waals surface area contributed by atoms with Gasteiger partial charge in [0.25, 0.3) is 5.91 Å². The molecule has 0 bridgehead atoms. The van der Waals surface area contributed by atoms with Crippen molar-refractivity contribution in [3.63, 3.8) is 0 Å². The first kappa shape index (κ1) is 16.1. The van der Waals surface area contributed by atoms with Crippen LogP contribution < -0.4 is 0 Å². The summed E-state index contributed by atoms with van der Waals surface area (Å²) in [6, 6.07) is 7.59. The number of carbonyl (C=O) groups is 2. The highest BCUT2D eigenvalue weighted by Crippen LogP contribution is 2.23. The Kier molecular flexibility index (Phi) is 4.85. The Morgan fingerprint density at radius 1 is 1.27 bits per heavy atom. The maximum absolute atomic E-state index is 12.9. The van der Waals surface area contributed by atoms with Crippen LogP contribution in [0.5, 0.6) is 0 Å². The molecule has 118 valence electrons. The molecule has 1 N–H and O–H groups in total. The second kappa shape index (κ2) is 6.64. The topological polar surface area (TPSA) is 62.5 Å². The molecule has 0 saturated carbocycles. The second-order valence-corrected chi connectivity index (χ2v) is 5.43. The molecule has 1 unspecified atom stereocenters. The molecule has 0 aliphatic carbocycles. The van der Waals surface area contributed by atoms with Crippen LogP contribution in [0, 0.1) is 0 Å². The minimum absolute atomic E-state index is 0.118. The summed E-state index contributed by atoms with van der Waals surface area (Å²) in [6.45, 7) is 6.32. The summed E-state index contributed by atoms with van der Waals surface area (Å²) >= 11 is 0. The van der Waals surface area contributed by atoms with E-state index in [9.17, 15) is 9.59 Å². The van der Waals surface area contributed by atoms with Crippen molar-refractivity contribution in [3.8, 4) is 0 Å². The molecule has 2 aromatic rings. The van der Waals surface area contributed by atoms with Gasteiger partial charge in [-0.05, 0) is 26.3 Å². The molecule has 0 fully saturated rings. The monoisotopic (exact) mass is 302 g/mol. The summed E-state index contributed by atoms with van der Waals surface area (Å²) in [7, 11) is 0. The fourth-order valence-corrected chi connectivity index (χ4v) is 2.63. The lowest BCUT2D eigenvalue weighted by atomic mass is 10.1. The van der Waals surface area contributed by atoms with E-state index in [4.69, 9.17) is 5.11 Å². The molecular weight excluding hydrogens is 280 g/mol. The molecule has 2 rings (SSSR count). The van der Waals surface area contributed by atoms with E-state index in [0.717, 1.165) is 17.4 Å². The molecule has 0 aliphatic heterocycles. The van der Waals surface area contributed by atoms with Gasteiger partial charge in [-0.1, -0.05) is 25.1 Å². The Balaban J connectivity index is 2.48. The van der Waals surface area contributed by atoms with E-state index in [0.29, 0.717) is 12.0 Å². The normalized spacial score (nSPS) is 12.3. The first-order valence-electron chi connectivity index (χ1n) is 7.60. The summed E-state index contributed by atoms with van der Waals surface area (Å²) in [5.41, 5.74) is 1.56. The van der Waals surface area contributed by atoms with Crippen LogP contribution in [0.2, 0.25) is 0 Å². The van der Waals surface area contributed by atoms with Gasteiger partial charge in [0.05, 0.1) is 5.56 Å². The van der Waals surface area contributed by atoms with E-state index in [2.05, 4.69) is 0 Å². The van der Waals surface area contributed by atoms with Crippen molar-refractivity contribution in [1.82, 2.24) is 9.47 Å². The van der Waals surface area contributed by atoms with Gasteiger partial charge in [0.1, 0.15) is 6.54 Å². The maximum atomic E-state index is 12.9. The number of carboxylic acids is 1. The van der Waals surface area contributed by atoms with Crippen LogP contribution in [0.15, 0.2) is 30.5 Å². The molecule has 22 heavy (non-hydrogen) atoms. The molecule has 0 radical (unpaired) electrons. The van der Waals surface area contributed by atoms with Crippen molar-refractivity contribution in [2.24, 2.45) is 0 Å². The van der Waals surface area contributed by atoms with Gasteiger partial charge in [-0.15, -0.1) is 0 Å². The molecule has 1 heterocycles. The summed E-state index contributed by atoms with van der Waals surface area (Å²) in [5, 5.41) is 9.96. The third-order valence-corrected chi connectivity index (χ3v) is 4.05. The standard InChI is InChI=1S/C17H22N2O3/c1-4-12(3)19(11-16(20)21)17(22)14-10-18(5-2)15-9-7-6-8-13(14)15/h6-10,12H,4-5,11H2,1-3H3,(H,20,21). The molecule has 1 aromatic heterocycles. The Morgan fingerprint density at radius 3 is 2.55 bits per heavy atom. The molecule has 0 aliphatic rings. The largest absolute Gasteiger partial charge is 0.480 e. The fraction of sp³-hybridized carbons (Fsp3) is 0.412. The number of para-hydroxylation sites is 1. The Bertz CT molecular complexity index is 690. The van der Waals surface area contributed by atoms with Crippen molar-refractivity contribution in [2.45, 2.75) is 39.8 Å². The third-order valence-electron chi connectivity index (χ3n) is 4.05. The van der Waals surface area contributed by atoms with Crippen molar-refractivity contribution in [1.29, 1.82) is 0 Å². The van der Waals surface area contributed by atoms with Gasteiger partial charge < -0.3 is 14.6 Å². The van der Waals surface area contributed by atoms with Crippen LogP contribution in [0.4, 0.5) is 0 Å². The molecular formula is C17H22N2O3. The lowest BCUT2D eigenvalue weighted by Gasteiger charge is -2.26. The van der Waals surface area contributed by atoms with Gasteiger partial charge in [0.2, 0.25) is 0 Å². The van der Waals surface area contributed by atoms with Crippen molar-refractivity contribution < 1.29 is 14.7 Å². The van der Waals surface area contributed by atoms with Gasteiger partial charge in [0.15, 0.2) is 0 Å². The zero-order chi connectivity index (χ0) is 16.3. The van der Waals surface area contributed by atoms with Gasteiger partial charge >= 0.3 is 5.97 Å². The number of benzene rings is 1. The average molecular weight is 302 g/mol. The first-order valence-corrected chi connectivity index (χ1v) is 7.60. The lowest BCUT2D eigenvalue weighted by molar-refractivity contribution is -0.138. The SMILES string of the molecule is CCC(C)N(CC(=O)O)C(=O)c1cn(CC)c2ccccc12. The van der Waals surface area contributed by atoms with E-state index < -0.39 is 5.97 Å². The number of amides is 1. The van der Waals surface area contributed by atoms with E-state index >= 15 is 0 Å². The lowest BCUT2D eigenvalue weighted by Crippen LogP contribution is -2.41. The summed E-state index contributed by atoms with van der Waals surface area (Å²) in [6.07, 6.45) is 2.54. The Morgan fingerprint density at radius 2 is 1.95 bits per heavy atom. The minimum atomic E-state index is -0.993. The number of hydrogen-bond donors (Lipinski definition) is 1. The van der Waals surface area contributed by atoms with Gasteiger partial charge in [-0.3, -0.25) is 9.59 Å². The third kappa shape index (κ3) is 2.98. The number of aliphatic carboxylic acids is 1. The van der Waals surface area contributed by atoms with E-state index in [-0.39, 0.29) is 18.5 Å². The molecule has 1 amide bonds. The van der Waals surface area contributed by atoms with Crippen molar-refractivity contribution in [3.05, 3.63) is 36.0 Å². The summed E-state index contributed by atoms with van der Waals surface area (Å²) < 4.78 is 2.01. The van der Waals surface area contributed by atoms with Crippen molar-refractivity contribution in [2.75, 3.05) is 6.54 Å². The van der Waals surface area contributed by atoms with E-state index in [1.54, 1.807) is 0 Å². The second-order valence-electron chi connectivity index (χ2n) is 5.43. The maximum Gasteiger partial charge on any atom is 0.323 e. The number of hydrogen-bond acceptors (Lipinski definition) is 2. The van der Waals surface area contributed by atoms with Crippen LogP contribution >= 0.6 is 0 Å². The molecule has 0 saturated heterocycles. The number of rotatable bonds is 6.